The number of para-hydroxylation sites is 1. The number of carbonyl (C=O) groups excluding carboxylic acids is 1. The fourth-order valence-electron chi connectivity index (χ4n) is 1.37. The number of hydrogen-bond acceptors (Lipinski definition) is 2. The highest BCUT2D eigenvalue weighted by atomic mass is 19.3. The van der Waals surface area contributed by atoms with E-state index in [0.717, 1.165) is 6.20 Å². The Morgan fingerprint density at radius 1 is 1.24 bits per heavy atom. The molecule has 17 heavy (non-hydrogen) atoms. The Kier molecular flexibility index (Phi) is 3.13. The molecule has 0 radical (unpaired) electrons. The second-order valence-corrected chi connectivity index (χ2v) is 3.26. The summed E-state index contributed by atoms with van der Waals surface area (Å²) in [6.07, 6.45) is 1.16. The first-order valence-electron chi connectivity index (χ1n) is 4.86. The summed E-state index contributed by atoms with van der Waals surface area (Å²) in [5.41, 5.74) is 0.364. The Morgan fingerprint density at radius 2 is 1.94 bits per heavy atom. The lowest BCUT2D eigenvalue weighted by Gasteiger charge is -2.07. The molecule has 1 heterocycles. The largest absolute Gasteiger partial charge is 0.333 e. The molecule has 2 rings (SSSR count). The number of anilines is 1. The molecule has 0 spiro atoms. The van der Waals surface area contributed by atoms with E-state index in [4.69, 9.17) is 0 Å². The maximum Gasteiger partial charge on any atom is 0.333 e. The molecule has 0 fully saturated rings. The maximum atomic E-state index is 12.5. The third-order valence-corrected chi connectivity index (χ3v) is 2.12. The molecule has 0 saturated carbocycles. The van der Waals surface area contributed by atoms with Crippen molar-refractivity contribution >= 4 is 11.6 Å². The summed E-state index contributed by atoms with van der Waals surface area (Å²) in [5, 5.41) is 5.89. The van der Waals surface area contributed by atoms with Crippen molar-refractivity contribution in [2.75, 3.05) is 5.32 Å². The van der Waals surface area contributed by atoms with Crippen LogP contribution in [0, 0.1) is 0 Å². The molecular formula is C11H9F2N3O. The first-order chi connectivity index (χ1) is 8.18. The van der Waals surface area contributed by atoms with E-state index in [1.54, 1.807) is 30.3 Å². The zero-order chi connectivity index (χ0) is 12.3. The number of aromatic nitrogens is 2. The molecule has 2 aromatic rings. The highest BCUT2D eigenvalue weighted by Crippen LogP contribution is 2.14. The van der Waals surface area contributed by atoms with E-state index in [1.165, 1.54) is 6.07 Å². The Labute approximate surface area is 95.9 Å². The van der Waals surface area contributed by atoms with Crippen LogP contribution in [0.3, 0.4) is 0 Å². The van der Waals surface area contributed by atoms with Crippen LogP contribution in [-0.2, 0) is 0 Å². The van der Waals surface area contributed by atoms with Gasteiger partial charge in [-0.05, 0) is 18.2 Å². The molecule has 1 amide bonds. The summed E-state index contributed by atoms with van der Waals surface area (Å²) in [6.45, 7) is -2.83. The van der Waals surface area contributed by atoms with Gasteiger partial charge in [0, 0.05) is 11.9 Å². The average Bonchev–Trinajstić information content (AvgIpc) is 2.79. The van der Waals surface area contributed by atoms with Crippen LogP contribution in [0.15, 0.2) is 42.6 Å². The first kappa shape index (κ1) is 11.3. The molecule has 6 heteroatoms. The molecule has 1 N–H and O–H groups in total. The number of nitrogens with one attached hydrogen (secondary N) is 1. The molecule has 1 aromatic carbocycles. The maximum absolute atomic E-state index is 12.5. The van der Waals surface area contributed by atoms with Gasteiger partial charge in [-0.15, -0.1) is 0 Å². The summed E-state index contributed by atoms with van der Waals surface area (Å²) in [4.78, 5) is 11.7. The average molecular weight is 237 g/mol. The molecule has 0 aliphatic heterocycles. The van der Waals surface area contributed by atoms with Gasteiger partial charge in [-0.25, -0.2) is 0 Å². The number of hydrogen-bond donors (Lipinski definition) is 1. The van der Waals surface area contributed by atoms with Crippen LogP contribution in [0.1, 0.15) is 17.0 Å². The van der Waals surface area contributed by atoms with E-state index in [9.17, 15) is 13.6 Å². The highest BCUT2D eigenvalue weighted by molar-refractivity contribution is 6.02. The van der Waals surface area contributed by atoms with Gasteiger partial charge >= 0.3 is 6.55 Å². The first-order valence-corrected chi connectivity index (χ1v) is 4.86. The van der Waals surface area contributed by atoms with Crippen molar-refractivity contribution in [3.63, 3.8) is 0 Å². The molecule has 0 aliphatic rings. The molecule has 1 aromatic heterocycles. The van der Waals surface area contributed by atoms with Crippen molar-refractivity contribution in [1.82, 2.24) is 9.78 Å². The number of alkyl halides is 2. The number of nitrogens with zero attached hydrogens (tertiary/aromatic N) is 2. The van der Waals surface area contributed by atoms with E-state index >= 15 is 0 Å². The minimum Gasteiger partial charge on any atom is -0.321 e. The standard InChI is InChI=1S/C11H9F2N3O/c12-11(13)16-9(6-7-14-16)10(17)15-8-4-2-1-3-5-8/h1-7,11H,(H,15,17). The lowest BCUT2D eigenvalue weighted by Crippen LogP contribution is -2.18. The van der Waals surface area contributed by atoms with Gasteiger partial charge < -0.3 is 5.32 Å². The van der Waals surface area contributed by atoms with Gasteiger partial charge in [0.25, 0.3) is 5.91 Å². The quantitative estimate of drug-likeness (QED) is 0.891. The summed E-state index contributed by atoms with van der Waals surface area (Å²) in [7, 11) is 0. The van der Waals surface area contributed by atoms with E-state index in [0.29, 0.717) is 10.4 Å². The number of benzene rings is 1. The van der Waals surface area contributed by atoms with Crippen LogP contribution in [0.5, 0.6) is 0 Å². The highest BCUT2D eigenvalue weighted by Gasteiger charge is 2.17. The van der Waals surface area contributed by atoms with Gasteiger partial charge in [-0.3, -0.25) is 4.79 Å². The van der Waals surface area contributed by atoms with Gasteiger partial charge in [-0.2, -0.15) is 18.6 Å². The second kappa shape index (κ2) is 4.73. The van der Waals surface area contributed by atoms with Crippen LogP contribution in [0.25, 0.3) is 0 Å². The lowest BCUT2D eigenvalue weighted by molar-refractivity contribution is 0.0520. The van der Waals surface area contributed by atoms with Crippen LogP contribution in [0.4, 0.5) is 14.5 Å². The van der Waals surface area contributed by atoms with Crippen LogP contribution < -0.4 is 5.32 Å². The van der Waals surface area contributed by atoms with Gasteiger partial charge in [0.05, 0.1) is 0 Å². The van der Waals surface area contributed by atoms with Crippen molar-refractivity contribution in [3.05, 3.63) is 48.3 Å². The second-order valence-electron chi connectivity index (χ2n) is 3.26. The smallest absolute Gasteiger partial charge is 0.321 e. The number of halogens is 2. The molecule has 0 aliphatic carbocycles. The minimum atomic E-state index is -2.83. The van der Waals surface area contributed by atoms with E-state index < -0.39 is 12.5 Å². The predicted molar refractivity (Wildman–Crippen MR) is 57.9 cm³/mol. The molecule has 4 nitrogen and oxygen atoms in total. The predicted octanol–water partition coefficient (Wildman–Crippen LogP) is 2.53. The van der Waals surface area contributed by atoms with Gasteiger partial charge in [0.15, 0.2) is 0 Å². The summed E-state index contributed by atoms with van der Waals surface area (Å²) >= 11 is 0. The van der Waals surface area contributed by atoms with Crippen LogP contribution in [0.2, 0.25) is 0 Å². The fourth-order valence-corrected chi connectivity index (χ4v) is 1.37. The van der Waals surface area contributed by atoms with Crippen molar-refractivity contribution < 1.29 is 13.6 Å². The molecule has 0 bridgehead atoms. The molecule has 0 atom stereocenters. The Balaban J connectivity index is 2.18. The molecular weight excluding hydrogens is 228 g/mol. The zero-order valence-electron chi connectivity index (χ0n) is 8.68. The van der Waals surface area contributed by atoms with Crippen molar-refractivity contribution in [3.8, 4) is 0 Å². The topological polar surface area (TPSA) is 46.9 Å². The van der Waals surface area contributed by atoms with Crippen molar-refractivity contribution in [1.29, 1.82) is 0 Å². The summed E-state index contributed by atoms with van der Waals surface area (Å²) < 4.78 is 25.3. The third-order valence-electron chi connectivity index (χ3n) is 2.12. The fraction of sp³-hybridized carbons (Fsp3) is 0.0909. The summed E-state index contributed by atoms with van der Waals surface area (Å²) in [6, 6.07) is 9.84. The lowest BCUT2D eigenvalue weighted by atomic mass is 10.3. The van der Waals surface area contributed by atoms with E-state index in [-0.39, 0.29) is 5.69 Å². The minimum absolute atomic E-state index is 0.177. The Bertz CT molecular complexity index is 510. The van der Waals surface area contributed by atoms with Crippen molar-refractivity contribution in [2.24, 2.45) is 0 Å². The van der Waals surface area contributed by atoms with E-state index in [1.807, 2.05) is 0 Å². The Hall–Kier alpha value is -2.24. The van der Waals surface area contributed by atoms with Crippen LogP contribution >= 0.6 is 0 Å². The third kappa shape index (κ3) is 2.47. The van der Waals surface area contributed by atoms with Gasteiger partial charge in [0.2, 0.25) is 0 Å². The van der Waals surface area contributed by atoms with Gasteiger partial charge in [-0.1, -0.05) is 18.2 Å². The Morgan fingerprint density at radius 3 is 2.59 bits per heavy atom. The monoisotopic (exact) mass is 237 g/mol. The molecule has 88 valence electrons. The molecule has 0 unspecified atom stereocenters. The van der Waals surface area contributed by atoms with Crippen molar-refractivity contribution in [2.45, 2.75) is 6.55 Å². The van der Waals surface area contributed by atoms with Crippen LogP contribution in [-0.4, -0.2) is 15.7 Å². The SMILES string of the molecule is O=C(Nc1ccccc1)c1ccnn1C(F)F. The number of amides is 1. The number of rotatable bonds is 3. The molecule has 0 saturated heterocycles. The normalized spacial score (nSPS) is 10.5. The van der Waals surface area contributed by atoms with Gasteiger partial charge in [0.1, 0.15) is 5.69 Å². The zero-order valence-corrected chi connectivity index (χ0v) is 8.68. The van der Waals surface area contributed by atoms with E-state index in [2.05, 4.69) is 10.4 Å². The number of carbonyl (C=O) groups is 1. The summed E-state index contributed by atoms with van der Waals surface area (Å²) in [5.74, 6) is -0.617.